The molecular formula is C22H36BrN3O4S. The van der Waals surface area contributed by atoms with Gasteiger partial charge in [-0.3, -0.25) is 14.4 Å². The van der Waals surface area contributed by atoms with E-state index in [1.807, 2.05) is 0 Å². The zero-order valence-electron chi connectivity index (χ0n) is 18.6. The molecule has 3 heterocycles. The van der Waals surface area contributed by atoms with Crippen LogP contribution in [0.3, 0.4) is 0 Å². The van der Waals surface area contributed by atoms with Gasteiger partial charge in [-0.1, -0.05) is 48.5 Å². The van der Waals surface area contributed by atoms with Gasteiger partial charge in [-0.05, 0) is 25.7 Å². The van der Waals surface area contributed by atoms with E-state index >= 15 is 0 Å². The Hall–Kier alpha value is -0.800. The van der Waals surface area contributed by atoms with Crippen molar-refractivity contribution in [2.45, 2.75) is 79.2 Å². The molecule has 0 radical (unpaired) electrons. The number of rotatable bonds is 12. The summed E-state index contributed by atoms with van der Waals surface area (Å²) in [6.45, 7) is 3.44. The SMILES string of the molecule is CCCCCNC(=O)C1N(CCCCCCO)C(=O)[C@@H]2[C@H](C(=O)NC)[C@H]3SC12CC3Br. The molecule has 0 saturated carbocycles. The fourth-order valence-electron chi connectivity index (χ4n) is 5.57. The van der Waals surface area contributed by atoms with E-state index in [9.17, 15) is 14.4 Å². The monoisotopic (exact) mass is 517 g/mol. The summed E-state index contributed by atoms with van der Waals surface area (Å²) in [7, 11) is 1.62. The summed E-state index contributed by atoms with van der Waals surface area (Å²) in [5.74, 6) is -1.07. The summed E-state index contributed by atoms with van der Waals surface area (Å²) < 4.78 is -0.549. The molecular weight excluding hydrogens is 482 g/mol. The summed E-state index contributed by atoms with van der Waals surface area (Å²) in [5.41, 5.74) is 0. The molecule has 0 aromatic carbocycles. The van der Waals surface area contributed by atoms with Crippen molar-refractivity contribution in [3.63, 3.8) is 0 Å². The molecule has 9 heteroatoms. The molecule has 31 heavy (non-hydrogen) atoms. The van der Waals surface area contributed by atoms with Crippen molar-refractivity contribution in [1.29, 1.82) is 0 Å². The lowest BCUT2D eigenvalue weighted by atomic mass is 9.70. The van der Waals surface area contributed by atoms with E-state index in [-0.39, 0.29) is 34.4 Å². The third-order valence-electron chi connectivity index (χ3n) is 6.97. The van der Waals surface area contributed by atoms with Crippen molar-refractivity contribution >= 4 is 45.4 Å². The fourth-order valence-corrected chi connectivity index (χ4v) is 9.18. The highest BCUT2D eigenvalue weighted by Crippen LogP contribution is 2.67. The Morgan fingerprint density at radius 1 is 1.19 bits per heavy atom. The van der Waals surface area contributed by atoms with E-state index in [2.05, 4.69) is 33.5 Å². The molecule has 0 aliphatic carbocycles. The first-order chi connectivity index (χ1) is 14.9. The highest BCUT2D eigenvalue weighted by Gasteiger charge is 2.75. The Balaban J connectivity index is 1.83. The van der Waals surface area contributed by atoms with Crippen molar-refractivity contribution in [1.82, 2.24) is 15.5 Å². The molecule has 0 aromatic heterocycles. The molecule has 6 atom stereocenters. The summed E-state index contributed by atoms with van der Waals surface area (Å²) in [4.78, 5) is 41.7. The van der Waals surface area contributed by atoms with Gasteiger partial charge in [0.15, 0.2) is 0 Å². The number of halogens is 1. The van der Waals surface area contributed by atoms with E-state index in [4.69, 9.17) is 5.11 Å². The maximum atomic E-state index is 13.6. The second-order valence-corrected chi connectivity index (χ2v) is 11.7. The number of hydrogen-bond acceptors (Lipinski definition) is 5. The van der Waals surface area contributed by atoms with Crippen LogP contribution in [0.2, 0.25) is 0 Å². The largest absolute Gasteiger partial charge is 0.396 e. The van der Waals surface area contributed by atoms with Gasteiger partial charge in [-0.2, -0.15) is 0 Å². The number of alkyl halides is 1. The van der Waals surface area contributed by atoms with Crippen LogP contribution < -0.4 is 10.6 Å². The lowest BCUT2D eigenvalue weighted by molar-refractivity contribution is -0.139. The standard InChI is InChI=1S/C22H36BrN3O4S/c1-3-4-7-10-25-20(29)18-22-13-14(23)17(31-22)15(19(28)24-2)16(22)21(30)26(18)11-8-5-6-9-12-27/h14-18,27H,3-13H2,1-2H3,(H,24,28)(H,25,29)/t14?,15-,16-,17-,18?,22?/m0/s1. The summed E-state index contributed by atoms with van der Waals surface area (Å²) in [6.07, 6.45) is 7.16. The Bertz CT molecular complexity index is 681. The summed E-state index contributed by atoms with van der Waals surface area (Å²) >= 11 is 5.43. The topological polar surface area (TPSA) is 98.7 Å². The molecule has 3 aliphatic heterocycles. The Kier molecular flexibility index (Phi) is 8.72. The molecule has 7 nitrogen and oxygen atoms in total. The number of aliphatic hydroxyl groups excluding tert-OH is 1. The number of hydrogen-bond donors (Lipinski definition) is 3. The summed E-state index contributed by atoms with van der Waals surface area (Å²) in [6, 6.07) is -0.533. The van der Waals surface area contributed by atoms with E-state index in [1.54, 1.807) is 23.7 Å². The number of aliphatic hydroxyl groups is 1. The molecule has 3 N–H and O–H groups in total. The predicted octanol–water partition coefficient (Wildman–Crippen LogP) is 2.06. The van der Waals surface area contributed by atoms with Crippen LogP contribution in [0.1, 0.15) is 58.3 Å². The van der Waals surface area contributed by atoms with Gasteiger partial charge in [0.25, 0.3) is 0 Å². The number of likely N-dealkylation sites (tertiary alicyclic amines) is 1. The van der Waals surface area contributed by atoms with Crippen molar-refractivity contribution in [2.75, 3.05) is 26.7 Å². The van der Waals surface area contributed by atoms with E-state index in [0.717, 1.165) is 51.4 Å². The number of unbranched alkanes of at least 4 members (excludes halogenated alkanes) is 5. The first-order valence-electron chi connectivity index (χ1n) is 11.7. The van der Waals surface area contributed by atoms with Gasteiger partial charge in [0.05, 0.1) is 16.6 Å². The second kappa shape index (κ2) is 10.9. The maximum Gasteiger partial charge on any atom is 0.244 e. The van der Waals surface area contributed by atoms with Crippen molar-refractivity contribution in [3.05, 3.63) is 0 Å². The van der Waals surface area contributed by atoms with Crippen LogP contribution in [0.5, 0.6) is 0 Å². The van der Waals surface area contributed by atoms with Crippen LogP contribution in [0.4, 0.5) is 0 Å². The lowest BCUT2D eigenvalue weighted by Gasteiger charge is -2.35. The third-order valence-corrected chi connectivity index (χ3v) is 10.2. The zero-order chi connectivity index (χ0) is 22.6. The average Bonchev–Trinajstić information content (AvgIpc) is 3.34. The van der Waals surface area contributed by atoms with E-state index in [0.29, 0.717) is 13.1 Å². The molecule has 3 unspecified atom stereocenters. The molecule has 176 valence electrons. The Labute approximate surface area is 198 Å². The molecule has 3 fully saturated rings. The molecule has 3 saturated heterocycles. The first kappa shape index (κ1) is 24.8. The van der Waals surface area contributed by atoms with Crippen molar-refractivity contribution < 1.29 is 19.5 Å². The minimum Gasteiger partial charge on any atom is -0.396 e. The minimum atomic E-state index is -0.549. The number of nitrogens with one attached hydrogen (secondary N) is 2. The smallest absolute Gasteiger partial charge is 0.244 e. The van der Waals surface area contributed by atoms with Gasteiger partial charge < -0.3 is 20.6 Å². The molecule has 1 spiro atoms. The first-order valence-corrected chi connectivity index (χ1v) is 13.4. The van der Waals surface area contributed by atoms with E-state index < -0.39 is 22.6 Å². The molecule has 2 bridgehead atoms. The highest BCUT2D eigenvalue weighted by molar-refractivity contribution is 9.09. The summed E-state index contributed by atoms with van der Waals surface area (Å²) in [5, 5.41) is 14.8. The molecule has 3 aliphatic rings. The van der Waals surface area contributed by atoms with Gasteiger partial charge in [0.2, 0.25) is 17.7 Å². The molecule has 3 rings (SSSR count). The number of carbonyl (C=O) groups is 3. The van der Waals surface area contributed by atoms with Gasteiger partial charge in [-0.25, -0.2) is 0 Å². The number of amides is 3. The van der Waals surface area contributed by atoms with Crippen molar-refractivity contribution in [3.8, 4) is 0 Å². The van der Waals surface area contributed by atoms with Gasteiger partial charge >= 0.3 is 0 Å². The Morgan fingerprint density at radius 3 is 2.61 bits per heavy atom. The Morgan fingerprint density at radius 2 is 1.94 bits per heavy atom. The van der Waals surface area contributed by atoms with Crippen LogP contribution >= 0.6 is 27.7 Å². The normalized spacial score (nSPS) is 33.6. The van der Waals surface area contributed by atoms with Crippen LogP contribution in [-0.4, -0.2) is 75.3 Å². The fraction of sp³-hybridized carbons (Fsp3) is 0.864. The van der Waals surface area contributed by atoms with Crippen LogP contribution in [0, 0.1) is 11.8 Å². The van der Waals surface area contributed by atoms with Crippen LogP contribution in [-0.2, 0) is 14.4 Å². The number of fused-ring (bicyclic) bond motifs is 1. The lowest BCUT2D eigenvalue weighted by Crippen LogP contribution is -2.54. The average molecular weight is 519 g/mol. The van der Waals surface area contributed by atoms with Crippen LogP contribution in [0.25, 0.3) is 0 Å². The van der Waals surface area contributed by atoms with Crippen LogP contribution in [0.15, 0.2) is 0 Å². The number of thioether (sulfide) groups is 1. The van der Waals surface area contributed by atoms with Gasteiger partial charge in [-0.15, -0.1) is 11.8 Å². The molecule has 0 aromatic rings. The van der Waals surface area contributed by atoms with Gasteiger partial charge in [0, 0.05) is 36.8 Å². The third kappa shape index (κ3) is 4.64. The minimum absolute atomic E-state index is 0.0102. The number of nitrogens with zero attached hydrogens (tertiary/aromatic N) is 1. The van der Waals surface area contributed by atoms with Gasteiger partial charge in [0.1, 0.15) is 6.04 Å². The van der Waals surface area contributed by atoms with E-state index in [1.165, 1.54) is 0 Å². The zero-order valence-corrected chi connectivity index (χ0v) is 21.0. The number of carbonyl (C=O) groups excluding carboxylic acids is 3. The van der Waals surface area contributed by atoms with Crippen molar-refractivity contribution in [2.24, 2.45) is 11.8 Å². The molecule has 3 amide bonds. The highest BCUT2D eigenvalue weighted by atomic mass is 79.9. The second-order valence-electron chi connectivity index (χ2n) is 8.95. The predicted molar refractivity (Wildman–Crippen MR) is 126 cm³/mol. The maximum absolute atomic E-state index is 13.6. The quantitative estimate of drug-likeness (QED) is 0.272.